The molecule has 140 valence electrons. The van der Waals surface area contributed by atoms with Crippen molar-refractivity contribution in [2.75, 3.05) is 5.32 Å². The second kappa shape index (κ2) is 7.72. The average Bonchev–Trinajstić information content (AvgIpc) is 3.37. The summed E-state index contributed by atoms with van der Waals surface area (Å²) in [5.41, 5.74) is 0. The van der Waals surface area contributed by atoms with Crippen molar-refractivity contribution in [1.29, 1.82) is 0 Å². The number of anilines is 1. The lowest BCUT2D eigenvalue weighted by Gasteiger charge is -2.20. The van der Waals surface area contributed by atoms with Gasteiger partial charge in [-0.25, -0.2) is 9.97 Å². The van der Waals surface area contributed by atoms with Crippen LogP contribution in [0.25, 0.3) is 0 Å². The van der Waals surface area contributed by atoms with Crippen LogP contribution in [0.4, 0.5) is 5.13 Å². The number of rotatable bonds is 7. The van der Waals surface area contributed by atoms with Gasteiger partial charge in [0.1, 0.15) is 5.76 Å². The predicted molar refractivity (Wildman–Crippen MR) is 104 cm³/mol. The molecule has 2 aliphatic rings. The molecule has 3 atom stereocenters. The Kier molecular flexibility index (Phi) is 5.36. The van der Waals surface area contributed by atoms with Gasteiger partial charge in [-0.1, -0.05) is 31.6 Å². The van der Waals surface area contributed by atoms with Crippen LogP contribution in [-0.2, 0) is 10.5 Å². The Morgan fingerprint density at radius 2 is 2.23 bits per heavy atom. The van der Waals surface area contributed by atoms with Gasteiger partial charge < -0.3 is 9.73 Å². The number of hydrogen-bond donors (Lipinski definition) is 1. The van der Waals surface area contributed by atoms with E-state index in [1.807, 2.05) is 6.20 Å². The molecule has 5 nitrogen and oxygen atoms in total. The number of carbonyl (C=O) groups is 1. The summed E-state index contributed by atoms with van der Waals surface area (Å²) in [4.78, 5) is 21.0. The van der Waals surface area contributed by atoms with Gasteiger partial charge in [0.2, 0.25) is 11.8 Å². The number of nitrogens with zero attached hydrogens (tertiary/aromatic N) is 2. The first-order valence-electron chi connectivity index (χ1n) is 9.40. The van der Waals surface area contributed by atoms with E-state index >= 15 is 0 Å². The number of aromatic nitrogens is 2. The van der Waals surface area contributed by atoms with Crippen LogP contribution in [0.3, 0.4) is 0 Å². The zero-order chi connectivity index (χ0) is 18.1. The van der Waals surface area contributed by atoms with Crippen molar-refractivity contribution in [3.63, 3.8) is 0 Å². The summed E-state index contributed by atoms with van der Waals surface area (Å²) < 4.78 is 6.78. The Morgan fingerprint density at radius 3 is 2.92 bits per heavy atom. The number of fused-ring (bicyclic) bond motifs is 2. The molecule has 0 spiro atoms. The second-order valence-electron chi connectivity index (χ2n) is 7.77. The molecule has 1 amide bonds. The van der Waals surface area contributed by atoms with Crippen molar-refractivity contribution >= 4 is 34.1 Å². The number of nitrogens with one attached hydrogen (secondary N) is 1. The van der Waals surface area contributed by atoms with Gasteiger partial charge in [0.15, 0.2) is 5.13 Å². The number of hydrogen-bond acceptors (Lipinski definition) is 6. The quantitative estimate of drug-likeness (QED) is 0.648. The fourth-order valence-electron chi connectivity index (χ4n) is 4.21. The maximum atomic E-state index is 12.3. The van der Waals surface area contributed by atoms with E-state index in [0.29, 0.717) is 29.1 Å². The summed E-state index contributed by atoms with van der Waals surface area (Å²) in [7, 11) is 0. The molecule has 2 aromatic rings. The molecule has 2 heterocycles. The van der Waals surface area contributed by atoms with Crippen LogP contribution in [0.15, 0.2) is 21.0 Å². The Hall–Kier alpha value is -1.34. The maximum absolute atomic E-state index is 12.3. The SMILES string of the molecule is CC(C)c1cnc(CSc2cnc(NC(=O)CC3C[C@@H]4CCC3C4)s2)o1. The largest absolute Gasteiger partial charge is 0.445 e. The highest BCUT2D eigenvalue weighted by Crippen LogP contribution is 2.49. The van der Waals surface area contributed by atoms with Gasteiger partial charge in [0, 0.05) is 12.3 Å². The molecule has 2 aliphatic carbocycles. The van der Waals surface area contributed by atoms with E-state index in [-0.39, 0.29) is 5.91 Å². The first kappa shape index (κ1) is 18.0. The van der Waals surface area contributed by atoms with E-state index in [1.54, 1.807) is 18.0 Å². The summed E-state index contributed by atoms with van der Waals surface area (Å²) in [6.45, 7) is 4.18. The molecule has 2 unspecified atom stereocenters. The molecule has 2 fully saturated rings. The topological polar surface area (TPSA) is 68.0 Å². The molecular formula is C19H25N3O2S2. The van der Waals surface area contributed by atoms with E-state index in [0.717, 1.165) is 27.7 Å². The van der Waals surface area contributed by atoms with Crippen molar-refractivity contribution in [2.45, 2.75) is 61.8 Å². The van der Waals surface area contributed by atoms with Crippen molar-refractivity contribution in [2.24, 2.45) is 17.8 Å². The van der Waals surface area contributed by atoms with Crippen molar-refractivity contribution in [1.82, 2.24) is 9.97 Å². The van der Waals surface area contributed by atoms with Crippen LogP contribution in [0.2, 0.25) is 0 Å². The summed E-state index contributed by atoms with van der Waals surface area (Å²) in [5.74, 6) is 5.03. The maximum Gasteiger partial charge on any atom is 0.226 e. The lowest BCUT2D eigenvalue weighted by molar-refractivity contribution is -0.117. The summed E-state index contributed by atoms with van der Waals surface area (Å²) >= 11 is 3.15. The van der Waals surface area contributed by atoms with Crippen molar-refractivity contribution in [3.8, 4) is 0 Å². The van der Waals surface area contributed by atoms with Gasteiger partial charge in [-0.3, -0.25) is 4.79 Å². The van der Waals surface area contributed by atoms with Crippen LogP contribution in [0.5, 0.6) is 0 Å². The van der Waals surface area contributed by atoms with Gasteiger partial charge in [-0.15, -0.1) is 11.8 Å². The van der Waals surface area contributed by atoms with Gasteiger partial charge >= 0.3 is 0 Å². The third-order valence-electron chi connectivity index (χ3n) is 5.54. The molecule has 26 heavy (non-hydrogen) atoms. The highest BCUT2D eigenvalue weighted by Gasteiger charge is 2.40. The Morgan fingerprint density at radius 1 is 1.35 bits per heavy atom. The zero-order valence-corrected chi connectivity index (χ0v) is 16.9. The summed E-state index contributed by atoms with van der Waals surface area (Å²) in [6, 6.07) is 0. The van der Waals surface area contributed by atoms with E-state index in [2.05, 4.69) is 29.1 Å². The van der Waals surface area contributed by atoms with Crippen LogP contribution >= 0.6 is 23.1 Å². The molecular weight excluding hydrogens is 366 g/mol. The average molecular weight is 392 g/mol. The third-order valence-corrected chi connectivity index (χ3v) is 7.63. The van der Waals surface area contributed by atoms with Crippen LogP contribution in [-0.4, -0.2) is 15.9 Å². The monoisotopic (exact) mass is 391 g/mol. The Labute approximate surface area is 162 Å². The molecule has 4 rings (SSSR count). The highest BCUT2D eigenvalue weighted by molar-refractivity contribution is 8.00. The van der Waals surface area contributed by atoms with E-state index in [1.165, 1.54) is 37.0 Å². The summed E-state index contributed by atoms with van der Waals surface area (Å²) in [5, 5.41) is 3.67. The summed E-state index contributed by atoms with van der Waals surface area (Å²) in [6.07, 6.45) is 9.54. The minimum atomic E-state index is 0.114. The Bertz CT molecular complexity index is 770. The van der Waals surface area contributed by atoms with Gasteiger partial charge in [-0.2, -0.15) is 0 Å². The molecule has 2 aromatic heterocycles. The number of carbonyl (C=O) groups excluding carboxylic acids is 1. The predicted octanol–water partition coefficient (Wildman–Crippen LogP) is 5.31. The number of amides is 1. The first-order valence-corrected chi connectivity index (χ1v) is 11.2. The van der Waals surface area contributed by atoms with Crippen LogP contribution < -0.4 is 5.32 Å². The first-order chi connectivity index (χ1) is 12.6. The van der Waals surface area contributed by atoms with Gasteiger partial charge in [-0.05, 0) is 37.0 Å². The van der Waals surface area contributed by atoms with Crippen LogP contribution in [0.1, 0.15) is 63.5 Å². The fraction of sp³-hybridized carbons (Fsp3) is 0.632. The van der Waals surface area contributed by atoms with E-state index in [9.17, 15) is 4.79 Å². The minimum Gasteiger partial charge on any atom is -0.445 e. The van der Waals surface area contributed by atoms with Crippen molar-refractivity contribution < 1.29 is 9.21 Å². The fourth-order valence-corrected chi connectivity index (χ4v) is 5.95. The molecule has 0 aliphatic heterocycles. The van der Waals surface area contributed by atoms with Crippen molar-refractivity contribution in [3.05, 3.63) is 24.0 Å². The molecule has 0 aromatic carbocycles. The molecule has 0 saturated heterocycles. The third kappa shape index (κ3) is 4.14. The van der Waals surface area contributed by atoms with E-state index in [4.69, 9.17) is 4.42 Å². The molecule has 2 saturated carbocycles. The van der Waals surface area contributed by atoms with E-state index < -0.39 is 0 Å². The smallest absolute Gasteiger partial charge is 0.226 e. The number of thioether (sulfide) groups is 1. The van der Waals surface area contributed by atoms with Crippen LogP contribution in [0, 0.1) is 17.8 Å². The normalized spacial score (nSPS) is 24.5. The molecule has 7 heteroatoms. The van der Waals surface area contributed by atoms with Gasteiger partial charge in [0.05, 0.1) is 22.4 Å². The minimum absolute atomic E-state index is 0.114. The highest BCUT2D eigenvalue weighted by atomic mass is 32.2. The standard InChI is InChI=1S/C19H25N3O2S2/c1-11(2)15-8-20-17(24-15)10-25-18-9-21-19(26-18)22-16(23)7-14-6-12-3-4-13(14)5-12/h8-9,11-14H,3-7,10H2,1-2H3,(H,21,22,23)/t12-,13?,14?/m1/s1. The molecule has 0 radical (unpaired) electrons. The lowest BCUT2D eigenvalue weighted by Crippen LogP contribution is -2.20. The Balaban J connectivity index is 1.25. The molecule has 1 N–H and O–H groups in total. The number of oxazole rings is 1. The molecule has 2 bridgehead atoms. The van der Waals surface area contributed by atoms with Gasteiger partial charge in [0.25, 0.3) is 0 Å². The zero-order valence-electron chi connectivity index (χ0n) is 15.2. The number of thiazole rings is 1. The second-order valence-corrected chi connectivity index (χ2v) is 10.1. The lowest BCUT2D eigenvalue weighted by atomic mass is 9.86.